The summed E-state index contributed by atoms with van der Waals surface area (Å²) in [5, 5.41) is 0.870. The summed E-state index contributed by atoms with van der Waals surface area (Å²) in [5.41, 5.74) is 1.83. The van der Waals surface area contributed by atoms with Gasteiger partial charge in [-0.25, -0.2) is 0 Å². The molecular formula is C10H8ClNO. The number of rotatable bonds is 0. The fraction of sp³-hybridized carbons (Fsp3) is 0.100. The van der Waals surface area contributed by atoms with Crippen molar-refractivity contribution in [2.75, 3.05) is 0 Å². The molecule has 0 aliphatic heterocycles. The van der Waals surface area contributed by atoms with Crippen LogP contribution in [0.4, 0.5) is 0 Å². The van der Waals surface area contributed by atoms with E-state index < -0.39 is 0 Å². The Labute approximate surface area is 80.2 Å². The lowest BCUT2D eigenvalue weighted by Gasteiger charge is -1.98. The maximum absolute atomic E-state index is 11.5. The Bertz CT molecular complexity index is 516. The average molecular weight is 194 g/mol. The van der Waals surface area contributed by atoms with Crippen molar-refractivity contribution in [3.8, 4) is 0 Å². The first-order valence-corrected chi connectivity index (χ1v) is 4.34. The lowest BCUT2D eigenvalue weighted by atomic mass is 10.1. The predicted molar refractivity (Wildman–Crippen MR) is 54.3 cm³/mol. The quantitative estimate of drug-likeness (QED) is 0.685. The summed E-state index contributed by atoms with van der Waals surface area (Å²) in [4.78, 5) is 14.5. The molecule has 2 rings (SSSR count). The van der Waals surface area contributed by atoms with E-state index in [-0.39, 0.29) is 10.5 Å². The Kier molecular flexibility index (Phi) is 1.85. The molecule has 1 aromatic heterocycles. The highest BCUT2D eigenvalue weighted by atomic mass is 35.5. The van der Waals surface area contributed by atoms with Crippen LogP contribution in [0.5, 0.6) is 0 Å². The van der Waals surface area contributed by atoms with Crippen molar-refractivity contribution < 1.29 is 0 Å². The molecule has 66 valence electrons. The van der Waals surface area contributed by atoms with Gasteiger partial charge in [0, 0.05) is 17.1 Å². The van der Waals surface area contributed by atoms with Crippen LogP contribution in [0.3, 0.4) is 0 Å². The van der Waals surface area contributed by atoms with Gasteiger partial charge in [-0.2, -0.15) is 0 Å². The lowest BCUT2D eigenvalue weighted by Crippen LogP contribution is -2.02. The first-order valence-electron chi connectivity index (χ1n) is 3.96. The van der Waals surface area contributed by atoms with Crippen LogP contribution >= 0.6 is 11.6 Å². The molecule has 2 aromatic rings. The molecule has 0 fully saturated rings. The number of hydrogen-bond donors (Lipinski definition) is 1. The van der Waals surface area contributed by atoms with Crippen LogP contribution in [0, 0.1) is 6.92 Å². The molecule has 1 N–H and O–H groups in total. The molecule has 0 saturated carbocycles. The van der Waals surface area contributed by atoms with Crippen molar-refractivity contribution in [3.05, 3.63) is 45.2 Å². The molecule has 0 amide bonds. The molecule has 0 saturated heterocycles. The summed E-state index contributed by atoms with van der Waals surface area (Å²) < 4.78 is 0. The van der Waals surface area contributed by atoms with Gasteiger partial charge in [-0.05, 0) is 24.6 Å². The number of nitrogens with one attached hydrogen (secondary N) is 1. The minimum atomic E-state index is -0.115. The Balaban J connectivity index is 2.95. The smallest absolute Gasteiger partial charge is 0.207 e. The lowest BCUT2D eigenvalue weighted by molar-refractivity contribution is 1.37. The number of H-pyrrole nitrogens is 1. The number of pyridine rings is 1. The van der Waals surface area contributed by atoms with Crippen molar-refractivity contribution in [2.24, 2.45) is 0 Å². The molecule has 0 atom stereocenters. The van der Waals surface area contributed by atoms with E-state index in [0.717, 1.165) is 11.1 Å². The standard InChI is InChI=1S/C10H8ClNO/c1-6-2-3-7-9(4-6)12-5-8(11)10(7)13/h2-5H,1H3,(H,12,13). The van der Waals surface area contributed by atoms with Crippen LogP contribution in [0.15, 0.2) is 29.2 Å². The second-order valence-electron chi connectivity index (χ2n) is 3.01. The molecule has 0 bridgehead atoms. The Morgan fingerprint density at radius 1 is 1.38 bits per heavy atom. The van der Waals surface area contributed by atoms with Crippen molar-refractivity contribution in [1.82, 2.24) is 4.98 Å². The van der Waals surface area contributed by atoms with Gasteiger partial charge in [0.15, 0.2) is 0 Å². The molecule has 2 nitrogen and oxygen atoms in total. The second-order valence-corrected chi connectivity index (χ2v) is 3.42. The van der Waals surface area contributed by atoms with Crippen LogP contribution in [0.1, 0.15) is 5.56 Å². The van der Waals surface area contributed by atoms with E-state index in [4.69, 9.17) is 11.6 Å². The van der Waals surface area contributed by atoms with Gasteiger partial charge in [0.05, 0.1) is 0 Å². The van der Waals surface area contributed by atoms with Gasteiger partial charge in [0.2, 0.25) is 5.43 Å². The van der Waals surface area contributed by atoms with Crippen molar-refractivity contribution in [1.29, 1.82) is 0 Å². The number of aromatic nitrogens is 1. The first kappa shape index (κ1) is 8.32. The summed E-state index contributed by atoms with van der Waals surface area (Å²) in [6.07, 6.45) is 1.52. The summed E-state index contributed by atoms with van der Waals surface area (Å²) >= 11 is 5.68. The van der Waals surface area contributed by atoms with E-state index in [2.05, 4.69) is 4.98 Å². The van der Waals surface area contributed by atoms with E-state index in [1.54, 1.807) is 6.07 Å². The number of aromatic amines is 1. The Morgan fingerprint density at radius 3 is 2.92 bits per heavy atom. The molecule has 1 heterocycles. The third kappa shape index (κ3) is 1.33. The normalized spacial score (nSPS) is 10.6. The SMILES string of the molecule is Cc1ccc2c(=O)c(Cl)c[nH]c2c1. The zero-order valence-corrected chi connectivity index (χ0v) is 7.85. The number of benzene rings is 1. The maximum atomic E-state index is 11.5. The van der Waals surface area contributed by atoms with Crippen LogP contribution < -0.4 is 5.43 Å². The molecule has 0 radical (unpaired) electrons. The molecule has 0 aliphatic rings. The average Bonchev–Trinajstić information content (AvgIpc) is 2.12. The van der Waals surface area contributed by atoms with Crippen molar-refractivity contribution in [2.45, 2.75) is 6.92 Å². The molecule has 13 heavy (non-hydrogen) atoms. The summed E-state index contributed by atoms with van der Waals surface area (Å²) in [7, 11) is 0. The van der Waals surface area contributed by atoms with Crippen molar-refractivity contribution >= 4 is 22.5 Å². The van der Waals surface area contributed by atoms with Gasteiger partial charge in [0.25, 0.3) is 0 Å². The Hall–Kier alpha value is -1.28. The molecular weight excluding hydrogens is 186 g/mol. The van der Waals surface area contributed by atoms with E-state index in [0.29, 0.717) is 5.39 Å². The minimum Gasteiger partial charge on any atom is -0.360 e. The minimum absolute atomic E-state index is 0.115. The number of halogens is 1. The largest absolute Gasteiger partial charge is 0.360 e. The number of fused-ring (bicyclic) bond motifs is 1. The summed E-state index contributed by atoms with van der Waals surface area (Å²) in [5.74, 6) is 0. The van der Waals surface area contributed by atoms with E-state index in [1.807, 2.05) is 19.1 Å². The van der Waals surface area contributed by atoms with Gasteiger partial charge >= 0.3 is 0 Å². The third-order valence-corrected chi connectivity index (χ3v) is 2.27. The zero-order valence-electron chi connectivity index (χ0n) is 7.10. The van der Waals surface area contributed by atoms with Crippen LogP contribution in [-0.4, -0.2) is 4.98 Å². The van der Waals surface area contributed by atoms with Crippen LogP contribution in [0.2, 0.25) is 5.02 Å². The third-order valence-electron chi connectivity index (χ3n) is 1.99. The van der Waals surface area contributed by atoms with Crippen LogP contribution in [-0.2, 0) is 0 Å². The molecule has 0 unspecified atom stereocenters. The van der Waals surface area contributed by atoms with E-state index >= 15 is 0 Å². The molecule has 1 aromatic carbocycles. The summed E-state index contributed by atoms with van der Waals surface area (Å²) in [6.45, 7) is 1.98. The molecule has 0 aliphatic carbocycles. The Morgan fingerprint density at radius 2 is 2.15 bits per heavy atom. The highest BCUT2D eigenvalue weighted by Gasteiger charge is 2.01. The molecule has 3 heteroatoms. The zero-order chi connectivity index (χ0) is 9.42. The van der Waals surface area contributed by atoms with Gasteiger partial charge < -0.3 is 4.98 Å². The van der Waals surface area contributed by atoms with E-state index in [1.165, 1.54) is 6.20 Å². The topological polar surface area (TPSA) is 32.9 Å². The fourth-order valence-electron chi connectivity index (χ4n) is 1.31. The van der Waals surface area contributed by atoms with Crippen molar-refractivity contribution in [3.63, 3.8) is 0 Å². The highest BCUT2D eigenvalue weighted by molar-refractivity contribution is 6.30. The molecule has 0 spiro atoms. The summed E-state index contributed by atoms with van der Waals surface area (Å²) in [6, 6.07) is 5.61. The van der Waals surface area contributed by atoms with Gasteiger partial charge in [-0.3, -0.25) is 4.79 Å². The van der Waals surface area contributed by atoms with Crippen LogP contribution in [0.25, 0.3) is 10.9 Å². The highest BCUT2D eigenvalue weighted by Crippen LogP contribution is 2.11. The monoisotopic (exact) mass is 193 g/mol. The van der Waals surface area contributed by atoms with E-state index in [9.17, 15) is 4.79 Å². The fourth-order valence-corrected chi connectivity index (χ4v) is 1.47. The maximum Gasteiger partial charge on any atom is 0.207 e. The second kappa shape index (κ2) is 2.89. The number of aryl methyl sites for hydroxylation is 1. The van der Waals surface area contributed by atoms with Gasteiger partial charge in [0.1, 0.15) is 5.02 Å². The van der Waals surface area contributed by atoms with Gasteiger partial charge in [-0.15, -0.1) is 0 Å². The predicted octanol–water partition coefficient (Wildman–Crippen LogP) is 2.49. The van der Waals surface area contributed by atoms with Gasteiger partial charge in [-0.1, -0.05) is 17.7 Å². The first-order chi connectivity index (χ1) is 6.18. The number of hydrogen-bond acceptors (Lipinski definition) is 1.